The Labute approximate surface area is 107 Å². The number of aryl methyl sites for hydroxylation is 1. The molecule has 2 rings (SSSR count). The summed E-state index contributed by atoms with van der Waals surface area (Å²) in [6.45, 7) is 2.93. The molecule has 18 heavy (non-hydrogen) atoms. The van der Waals surface area contributed by atoms with Gasteiger partial charge >= 0.3 is 0 Å². The first-order valence-electron chi connectivity index (χ1n) is 6.17. The Bertz CT molecular complexity index is 490. The van der Waals surface area contributed by atoms with Crippen LogP contribution in [0.2, 0.25) is 0 Å². The van der Waals surface area contributed by atoms with E-state index in [1.165, 1.54) is 12.1 Å². The number of benzene rings is 1. The van der Waals surface area contributed by atoms with Crippen LogP contribution in [0, 0.1) is 5.82 Å². The second kappa shape index (κ2) is 5.78. The molecule has 1 atom stereocenters. The molecule has 1 unspecified atom stereocenters. The molecule has 1 aromatic heterocycles. The maximum atomic E-state index is 12.8. The molecule has 0 spiro atoms. The summed E-state index contributed by atoms with van der Waals surface area (Å²) in [6, 6.07) is 6.85. The Hall–Kier alpha value is -1.68. The van der Waals surface area contributed by atoms with E-state index in [0.29, 0.717) is 0 Å². The van der Waals surface area contributed by atoms with Crippen LogP contribution in [0.25, 0.3) is 0 Å². The summed E-state index contributed by atoms with van der Waals surface area (Å²) in [5.41, 5.74) is 2.27. The Morgan fingerprint density at radius 3 is 2.61 bits per heavy atom. The monoisotopic (exact) mass is 247 g/mol. The standard InChI is InChI=1S/C14H18FN3/c1-3-18-10-12(9-17-18)14(16-2)8-11-4-6-13(15)7-5-11/h4-7,9-10,14,16H,3,8H2,1-2H3. The lowest BCUT2D eigenvalue weighted by atomic mass is 10.0. The first-order chi connectivity index (χ1) is 8.72. The molecule has 3 nitrogen and oxygen atoms in total. The predicted octanol–water partition coefficient (Wildman–Crippen LogP) is 2.55. The van der Waals surface area contributed by atoms with Crippen LogP contribution in [0.4, 0.5) is 4.39 Å². The lowest BCUT2D eigenvalue weighted by Gasteiger charge is -2.14. The zero-order chi connectivity index (χ0) is 13.0. The minimum atomic E-state index is -0.196. The summed E-state index contributed by atoms with van der Waals surface area (Å²) < 4.78 is 14.8. The van der Waals surface area contributed by atoms with Crippen LogP contribution in [0.5, 0.6) is 0 Å². The smallest absolute Gasteiger partial charge is 0.123 e. The number of nitrogens with one attached hydrogen (secondary N) is 1. The SMILES string of the molecule is CCn1cc(C(Cc2ccc(F)cc2)NC)cn1. The molecule has 1 aromatic carbocycles. The molecule has 0 amide bonds. The largest absolute Gasteiger partial charge is 0.313 e. The van der Waals surface area contributed by atoms with Crippen LogP contribution in [0.3, 0.4) is 0 Å². The van der Waals surface area contributed by atoms with E-state index in [2.05, 4.69) is 17.3 Å². The zero-order valence-electron chi connectivity index (χ0n) is 10.7. The molecule has 4 heteroatoms. The van der Waals surface area contributed by atoms with Gasteiger partial charge in [0, 0.05) is 24.3 Å². The van der Waals surface area contributed by atoms with Crippen molar-refractivity contribution in [3.05, 3.63) is 53.6 Å². The number of hydrogen-bond donors (Lipinski definition) is 1. The molecule has 0 aliphatic carbocycles. The lowest BCUT2D eigenvalue weighted by Crippen LogP contribution is -2.18. The number of likely N-dealkylation sites (N-methyl/N-ethyl adjacent to an activating group) is 1. The summed E-state index contributed by atoms with van der Waals surface area (Å²) in [5, 5.41) is 7.55. The summed E-state index contributed by atoms with van der Waals surface area (Å²) in [7, 11) is 1.93. The van der Waals surface area contributed by atoms with Gasteiger partial charge in [0.1, 0.15) is 5.82 Å². The van der Waals surface area contributed by atoms with Crippen LogP contribution in [0.1, 0.15) is 24.1 Å². The van der Waals surface area contributed by atoms with E-state index in [9.17, 15) is 4.39 Å². The van der Waals surface area contributed by atoms with E-state index in [1.807, 2.05) is 36.3 Å². The highest BCUT2D eigenvalue weighted by Crippen LogP contribution is 2.17. The highest BCUT2D eigenvalue weighted by atomic mass is 19.1. The Morgan fingerprint density at radius 2 is 2.06 bits per heavy atom. The van der Waals surface area contributed by atoms with Gasteiger partial charge < -0.3 is 5.32 Å². The second-order valence-corrected chi connectivity index (χ2v) is 4.30. The quantitative estimate of drug-likeness (QED) is 0.880. The van der Waals surface area contributed by atoms with E-state index in [-0.39, 0.29) is 11.9 Å². The summed E-state index contributed by atoms with van der Waals surface area (Å²) >= 11 is 0. The third kappa shape index (κ3) is 2.96. The van der Waals surface area contributed by atoms with Gasteiger partial charge in [0.05, 0.1) is 6.20 Å². The highest BCUT2D eigenvalue weighted by Gasteiger charge is 2.12. The zero-order valence-corrected chi connectivity index (χ0v) is 10.7. The van der Waals surface area contributed by atoms with Crippen molar-refractivity contribution in [2.75, 3.05) is 7.05 Å². The number of nitrogens with zero attached hydrogens (tertiary/aromatic N) is 2. The lowest BCUT2D eigenvalue weighted by molar-refractivity contribution is 0.586. The van der Waals surface area contributed by atoms with Crippen molar-refractivity contribution in [2.45, 2.75) is 25.9 Å². The van der Waals surface area contributed by atoms with Gasteiger partial charge in [0.15, 0.2) is 0 Å². The maximum Gasteiger partial charge on any atom is 0.123 e. The Morgan fingerprint density at radius 1 is 1.33 bits per heavy atom. The second-order valence-electron chi connectivity index (χ2n) is 4.30. The average molecular weight is 247 g/mol. The van der Waals surface area contributed by atoms with Crippen molar-refractivity contribution in [3.63, 3.8) is 0 Å². The summed E-state index contributed by atoms with van der Waals surface area (Å²) in [6.07, 6.45) is 4.76. The highest BCUT2D eigenvalue weighted by molar-refractivity contribution is 5.21. The molecule has 1 heterocycles. The molecule has 96 valence electrons. The Balaban J connectivity index is 2.11. The minimum absolute atomic E-state index is 0.196. The van der Waals surface area contributed by atoms with Gasteiger partial charge in [-0.05, 0) is 38.1 Å². The fraction of sp³-hybridized carbons (Fsp3) is 0.357. The molecule has 0 radical (unpaired) electrons. The normalized spacial score (nSPS) is 12.6. The first-order valence-corrected chi connectivity index (χ1v) is 6.17. The third-order valence-electron chi connectivity index (χ3n) is 3.08. The van der Waals surface area contributed by atoms with Gasteiger partial charge in [0.2, 0.25) is 0 Å². The fourth-order valence-corrected chi connectivity index (χ4v) is 1.98. The van der Waals surface area contributed by atoms with Crippen molar-refractivity contribution in [1.82, 2.24) is 15.1 Å². The van der Waals surface area contributed by atoms with E-state index in [0.717, 1.165) is 24.1 Å². The molecular weight excluding hydrogens is 229 g/mol. The van der Waals surface area contributed by atoms with Gasteiger partial charge in [-0.1, -0.05) is 12.1 Å². The van der Waals surface area contributed by atoms with Crippen molar-refractivity contribution < 1.29 is 4.39 Å². The predicted molar refractivity (Wildman–Crippen MR) is 69.8 cm³/mol. The fourth-order valence-electron chi connectivity index (χ4n) is 1.98. The molecule has 0 fully saturated rings. The Kier molecular flexibility index (Phi) is 4.10. The maximum absolute atomic E-state index is 12.8. The number of rotatable bonds is 5. The third-order valence-corrected chi connectivity index (χ3v) is 3.08. The number of aromatic nitrogens is 2. The van der Waals surface area contributed by atoms with E-state index >= 15 is 0 Å². The van der Waals surface area contributed by atoms with Crippen molar-refractivity contribution in [2.24, 2.45) is 0 Å². The number of halogens is 1. The average Bonchev–Trinajstić information content (AvgIpc) is 2.87. The minimum Gasteiger partial charge on any atom is -0.313 e. The van der Waals surface area contributed by atoms with Gasteiger partial charge in [-0.2, -0.15) is 5.10 Å². The molecule has 0 aliphatic rings. The van der Waals surface area contributed by atoms with Crippen LogP contribution in [-0.4, -0.2) is 16.8 Å². The van der Waals surface area contributed by atoms with Gasteiger partial charge in [-0.15, -0.1) is 0 Å². The molecule has 0 bridgehead atoms. The van der Waals surface area contributed by atoms with Gasteiger partial charge in [-0.3, -0.25) is 4.68 Å². The topological polar surface area (TPSA) is 29.9 Å². The van der Waals surface area contributed by atoms with Crippen LogP contribution in [-0.2, 0) is 13.0 Å². The number of hydrogen-bond acceptors (Lipinski definition) is 2. The van der Waals surface area contributed by atoms with E-state index < -0.39 is 0 Å². The van der Waals surface area contributed by atoms with Gasteiger partial charge in [-0.25, -0.2) is 4.39 Å². The van der Waals surface area contributed by atoms with Crippen molar-refractivity contribution in [3.8, 4) is 0 Å². The van der Waals surface area contributed by atoms with Crippen LogP contribution in [0.15, 0.2) is 36.7 Å². The molecular formula is C14H18FN3. The van der Waals surface area contributed by atoms with Crippen LogP contribution >= 0.6 is 0 Å². The molecule has 0 saturated heterocycles. The van der Waals surface area contributed by atoms with E-state index in [4.69, 9.17) is 0 Å². The summed E-state index contributed by atoms with van der Waals surface area (Å²) in [4.78, 5) is 0. The first kappa shape index (κ1) is 12.8. The molecule has 2 aromatic rings. The van der Waals surface area contributed by atoms with Crippen LogP contribution < -0.4 is 5.32 Å². The molecule has 0 saturated carbocycles. The van der Waals surface area contributed by atoms with E-state index in [1.54, 1.807) is 0 Å². The van der Waals surface area contributed by atoms with Crippen molar-refractivity contribution in [1.29, 1.82) is 0 Å². The summed E-state index contributed by atoms with van der Waals surface area (Å²) in [5.74, 6) is -0.196. The van der Waals surface area contributed by atoms with Crippen molar-refractivity contribution >= 4 is 0 Å². The molecule has 0 aliphatic heterocycles. The molecule has 1 N–H and O–H groups in total. The van der Waals surface area contributed by atoms with Gasteiger partial charge in [0.25, 0.3) is 0 Å².